The minimum Gasteiger partial charge on any atom is -0.466 e. The van der Waals surface area contributed by atoms with Crippen LogP contribution >= 0.6 is 0 Å². The summed E-state index contributed by atoms with van der Waals surface area (Å²) in [6, 6.07) is 0. The fourth-order valence-corrected chi connectivity index (χ4v) is 10.6. The molecule has 0 unspecified atom stereocenters. The van der Waals surface area contributed by atoms with Crippen LogP contribution in [-0.4, -0.2) is 25.2 Å². The normalized spacial score (nSPS) is 11.4. The van der Waals surface area contributed by atoms with Crippen molar-refractivity contribution in [2.24, 2.45) is 0 Å². The van der Waals surface area contributed by atoms with Gasteiger partial charge >= 0.3 is 11.9 Å². The molecule has 0 aromatic rings. The summed E-state index contributed by atoms with van der Waals surface area (Å²) >= 11 is 0. The zero-order valence-corrected chi connectivity index (χ0v) is 52.3. The zero-order chi connectivity index (χ0) is 54.5. The van der Waals surface area contributed by atoms with Gasteiger partial charge in [-0.25, -0.2) is 0 Å². The van der Waals surface area contributed by atoms with Gasteiger partial charge in [0.1, 0.15) is 0 Å². The maximum absolute atomic E-state index is 11.9. The second-order valence-corrected chi connectivity index (χ2v) is 23.7. The Morgan fingerprint density at radius 1 is 0.213 bits per heavy atom. The van der Waals surface area contributed by atoms with Crippen LogP contribution in [0.5, 0.6) is 0 Å². The molecule has 448 valence electrons. The lowest BCUT2D eigenvalue weighted by molar-refractivity contribution is -0.144. The predicted molar refractivity (Wildman–Crippen MR) is 335 cm³/mol. The molecule has 0 atom stereocenters. The lowest BCUT2D eigenvalue weighted by Crippen LogP contribution is -2.05. The number of carbonyl (C=O) groups excluding carboxylic acids is 2. The number of allylic oxidation sites excluding steroid dienone is 2. The molecular formula is C71H140O4. The summed E-state index contributed by atoms with van der Waals surface area (Å²) in [4.78, 5) is 23.8. The van der Waals surface area contributed by atoms with E-state index in [2.05, 4.69) is 39.8 Å². The van der Waals surface area contributed by atoms with Crippen LogP contribution in [0.2, 0.25) is 0 Å². The van der Waals surface area contributed by atoms with E-state index in [0.29, 0.717) is 26.1 Å². The van der Waals surface area contributed by atoms with E-state index < -0.39 is 0 Å². The van der Waals surface area contributed by atoms with E-state index in [0.717, 1.165) is 25.7 Å². The van der Waals surface area contributed by atoms with Crippen molar-refractivity contribution in [2.75, 3.05) is 13.2 Å². The molecule has 0 aliphatic heterocycles. The van der Waals surface area contributed by atoms with Crippen molar-refractivity contribution in [3.63, 3.8) is 0 Å². The molecule has 0 saturated carbocycles. The Bertz CT molecular complexity index is 1050. The van der Waals surface area contributed by atoms with E-state index in [1.54, 1.807) is 0 Å². The highest BCUT2D eigenvalue weighted by Crippen LogP contribution is 2.18. The summed E-state index contributed by atoms with van der Waals surface area (Å²) in [6.45, 7) is 10.4. The average molecular weight is 1060 g/mol. The van der Waals surface area contributed by atoms with Crippen LogP contribution in [0.4, 0.5) is 0 Å². The summed E-state index contributed by atoms with van der Waals surface area (Å²) in [5, 5.41) is 0. The predicted octanol–water partition coefficient (Wildman–Crippen LogP) is 25.5. The zero-order valence-electron chi connectivity index (χ0n) is 52.3. The van der Waals surface area contributed by atoms with Crippen LogP contribution in [0.3, 0.4) is 0 Å². The third-order valence-electron chi connectivity index (χ3n) is 15.9. The van der Waals surface area contributed by atoms with Gasteiger partial charge in [0.05, 0.1) is 13.2 Å². The van der Waals surface area contributed by atoms with E-state index >= 15 is 0 Å². The highest BCUT2D eigenvalue weighted by atomic mass is 16.5. The van der Waals surface area contributed by atoms with Crippen molar-refractivity contribution in [3.8, 4) is 0 Å². The summed E-state index contributed by atoms with van der Waals surface area (Å²) in [5.74, 6) is 0.0477. The van der Waals surface area contributed by atoms with Gasteiger partial charge in [-0.2, -0.15) is 0 Å². The van der Waals surface area contributed by atoms with Crippen LogP contribution < -0.4 is 0 Å². The summed E-state index contributed by atoms with van der Waals surface area (Å²) in [6.07, 6.45) is 85.7. The lowest BCUT2D eigenvalue weighted by atomic mass is 10.0. The number of ether oxygens (including phenoxy) is 2. The molecule has 0 aliphatic rings. The van der Waals surface area contributed by atoms with E-state index in [-0.39, 0.29) is 11.9 Å². The molecule has 0 heterocycles. The second kappa shape index (κ2) is 72.7. The van der Waals surface area contributed by atoms with Gasteiger partial charge in [-0.15, -0.1) is 0 Å². The molecule has 0 amide bonds. The van der Waals surface area contributed by atoms with Crippen LogP contribution in [0.25, 0.3) is 0 Å². The summed E-state index contributed by atoms with van der Waals surface area (Å²) in [7, 11) is 0. The molecule has 0 bridgehead atoms. The smallest absolute Gasteiger partial charge is 0.305 e. The maximum Gasteiger partial charge on any atom is 0.305 e. The first kappa shape index (κ1) is 75.8. The van der Waals surface area contributed by atoms with E-state index in [9.17, 15) is 9.59 Å². The third kappa shape index (κ3) is 74.8. The van der Waals surface area contributed by atoms with Gasteiger partial charge in [-0.05, 0) is 51.4 Å². The van der Waals surface area contributed by atoms with Crippen molar-refractivity contribution in [1.82, 2.24) is 0 Å². The van der Waals surface area contributed by atoms with E-state index in [1.807, 2.05) is 0 Å². The molecule has 0 N–H and O–H groups in total. The quantitative estimate of drug-likeness (QED) is 0.0346. The molecule has 4 heteroatoms. The molecule has 0 radical (unpaired) electrons. The topological polar surface area (TPSA) is 52.6 Å². The largest absolute Gasteiger partial charge is 0.466 e. The van der Waals surface area contributed by atoms with Crippen LogP contribution in [-0.2, 0) is 19.1 Å². The SMILES string of the molecule is CCCCCCCC/C=C\CCCCCCCCOC(=O)CCCCCCCCCCCCCCCCC.CCCCCCCCCCCCCCCCCCCCCC(=O)OCCCCCCCCCCCCC. The number of unbranched alkanes of at least 4 members (excludes halogenated alkanes) is 54. The highest BCUT2D eigenvalue weighted by Gasteiger charge is 2.05. The first-order valence-electron chi connectivity index (χ1n) is 35.1. The average Bonchev–Trinajstić information content (AvgIpc) is 3.41. The van der Waals surface area contributed by atoms with Gasteiger partial charge in [-0.1, -0.05) is 367 Å². The van der Waals surface area contributed by atoms with Gasteiger partial charge in [-0.3, -0.25) is 9.59 Å². The Balaban J connectivity index is 0. The van der Waals surface area contributed by atoms with Gasteiger partial charge in [0.15, 0.2) is 0 Å². The Hall–Kier alpha value is -1.32. The Morgan fingerprint density at radius 3 is 0.573 bits per heavy atom. The molecule has 0 fully saturated rings. The minimum atomic E-state index is 0.0208. The fraction of sp³-hybridized carbons (Fsp3) is 0.944. The Labute approximate surface area is 473 Å². The summed E-state index contributed by atoms with van der Waals surface area (Å²) in [5.41, 5.74) is 0. The van der Waals surface area contributed by atoms with Gasteiger partial charge in [0.2, 0.25) is 0 Å². The van der Waals surface area contributed by atoms with Crippen molar-refractivity contribution in [2.45, 2.75) is 419 Å². The molecule has 75 heavy (non-hydrogen) atoms. The Kier molecular flexibility index (Phi) is 73.4. The van der Waals surface area contributed by atoms with Crippen LogP contribution in [0.15, 0.2) is 12.2 Å². The number of rotatable bonds is 64. The molecule has 0 saturated heterocycles. The molecule has 0 aromatic carbocycles. The molecule has 0 rings (SSSR count). The first-order valence-corrected chi connectivity index (χ1v) is 35.1. The van der Waals surface area contributed by atoms with Crippen LogP contribution in [0, 0.1) is 0 Å². The standard InChI is InChI=1S/C36H70O2.C35H70O2/c1-3-5-7-9-11-13-15-17-19-21-23-25-27-29-31-33-35-38-36(37)34-32-30-28-26-24-22-20-18-16-14-12-10-8-6-4-2;1-3-5-7-9-11-13-15-16-17-18-19-20-21-22-23-25-27-29-31-33-35(36)37-34-32-30-28-26-24-14-12-10-8-6-4-2/h17,19H,3-16,18,20-35H2,1-2H3;3-34H2,1-2H3/b19-17-;. The van der Waals surface area contributed by atoms with Crippen LogP contribution in [0.1, 0.15) is 419 Å². The minimum absolute atomic E-state index is 0.0208. The van der Waals surface area contributed by atoms with Crippen molar-refractivity contribution >= 4 is 11.9 Å². The van der Waals surface area contributed by atoms with Crippen molar-refractivity contribution in [3.05, 3.63) is 12.2 Å². The van der Waals surface area contributed by atoms with Gasteiger partial charge in [0, 0.05) is 12.8 Å². The maximum atomic E-state index is 11.9. The van der Waals surface area contributed by atoms with Gasteiger partial charge in [0.25, 0.3) is 0 Å². The second-order valence-electron chi connectivity index (χ2n) is 23.7. The number of carbonyl (C=O) groups is 2. The molecule has 0 aliphatic carbocycles. The lowest BCUT2D eigenvalue weighted by Gasteiger charge is -2.06. The van der Waals surface area contributed by atoms with E-state index in [4.69, 9.17) is 9.47 Å². The number of hydrogen-bond acceptors (Lipinski definition) is 4. The molecule has 4 nitrogen and oxygen atoms in total. The fourth-order valence-electron chi connectivity index (χ4n) is 10.6. The number of hydrogen-bond donors (Lipinski definition) is 0. The van der Waals surface area contributed by atoms with Crippen molar-refractivity contribution in [1.29, 1.82) is 0 Å². The molecule has 0 spiro atoms. The monoisotopic (exact) mass is 1060 g/mol. The molecular weight excluding hydrogens is 917 g/mol. The van der Waals surface area contributed by atoms with Crippen molar-refractivity contribution < 1.29 is 19.1 Å². The Morgan fingerprint density at radius 2 is 0.373 bits per heavy atom. The molecule has 0 aromatic heterocycles. The highest BCUT2D eigenvalue weighted by molar-refractivity contribution is 5.69. The first-order chi connectivity index (χ1) is 37.1. The summed E-state index contributed by atoms with van der Waals surface area (Å²) < 4.78 is 10.9. The van der Waals surface area contributed by atoms with E-state index in [1.165, 1.54) is 353 Å². The third-order valence-corrected chi connectivity index (χ3v) is 15.9. The van der Waals surface area contributed by atoms with Gasteiger partial charge < -0.3 is 9.47 Å². The number of esters is 2.